The number of benzene rings is 4. The first-order valence-electron chi connectivity index (χ1n) is 20.6. The molecular formula is C53H68Cl2Zr. The van der Waals surface area contributed by atoms with Crippen LogP contribution in [0.4, 0.5) is 0 Å². The van der Waals surface area contributed by atoms with E-state index >= 15 is 0 Å². The van der Waals surface area contributed by atoms with Crippen molar-refractivity contribution in [3.63, 3.8) is 0 Å². The Bertz CT molecular complexity index is 2110. The van der Waals surface area contributed by atoms with Gasteiger partial charge in [-0.1, -0.05) is 0 Å². The van der Waals surface area contributed by atoms with Crippen molar-refractivity contribution in [2.45, 2.75) is 146 Å². The Labute approximate surface area is 362 Å². The third-order valence-electron chi connectivity index (χ3n) is 12.3. The third kappa shape index (κ3) is 8.41. The van der Waals surface area contributed by atoms with E-state index in [1.165, 1.54) is 89.9 Å². The van der Waals surface area contributed by atoms with E-state index in [9.17, 15) is 0 Å². The van der Waals surface area contributed by atoms with Crippen LogP contribution in [0.1, 0.15) is 149 Å². The molecule has 0 aliphatic heterocycles. The molecule has 2 aliphatic rings. The number of hydrogen-bond donors (Lipinski definition) is 0. The maximum Gasteiger partial charge on any atom is -1.00 e. The number of allylic oxidation sites excluding steroid dienone is 4. The number of rotatable bonds is 5. The molecule has 1 unspecified atom stereocenters. The van der Waals surface area contributed by atoms with Gasteiger partial charge in [-0.2, -0.15) is 0 Å². The van der Waals surface area contributed by atoms with Crippen LogP contribution < -0.4 is 24.8 Å². The summed E-state index contributed by atoms with van der Waals surface area (Å²) >= 11 is -2.61. The number of fused-ring (bicyclic) bond motifs is 3. The smallest absolute Gasteiger partial charge is 1.00 e. The van der Waals surface area contributed by atoms with E-state index < -0.39 is 21.3 Å². The first-order chi connectivity index (χ1) is 24.9. The molecule has 3 heteroatoms. The van der Waals surface area contributed by atoms with E-state index in [0.717, 1.165) is 0 Å². The summed E-state index contributed by atoms with van der Waals surface area (Å²) in [4.78, 5) is 0. The summed E-state index contributed by atoms with van der Waals surface area (Å²) in [6.45, 7) is 42.9. The van der Waals surface area contributed by atoms with Crippen LogP contribution in [0.25, 0.3) is 33.4 Å². The maximum absolute atomic E-state index is 2.71. The van der Waals surface area contributed by atoms with E-state index in [1.807, 2.05) is 0 Å². The zero-order chi connectivity index (χ0) is 40.0. The van der Waals surface area contributed by atoms with Crippen molar-refractivity contribution < 1.29 is 46.1 Å². The Hall–Kier alpha value is -2.31. The molecule has 4 aromatic rings. The molecule has 0 saturated heterocycles. The molecule has 56 heavy (non-hydrogen) atoms. The van der Waals surface area contributed by atoms with E-state index in [-0.39, 0.29) is 41.1 Å². The van der Waals surface area contributed by atoms with Crippen molar-refractivity contribution in [1.82, 2.24) is 0 Å². The molecule has 0 nitrogen and oxygen atoms in total. The molecule has 0 amide bonds. The van der Waals surface area contributed by atoms with Crippen molar-refractivity contribution in [3.8, 4) is 33.4 Å². The van der Waals surface area contributed by atoms with Gasteiger partial charge in [0.25, 0.3) is 0 Å². The van der Waals surface area contributed by atoms with Gasteiger partial charge in [0.05, 0.1) is 0 Å². The van der Waals surface area contributed by atoms with Crippen molar-refractivity contribution in [2.24, 2.45) is 11.3 Å². The van der Waals surface area contributed by atoms with Gasteiger partial charge in [0.1, 0.15) is 0 Å². The van der Waals surface area contributed by atoms with Crippen LogP contribution in [0.2, 0.25) is 0 Å². The van der Waals surface area contributed by atoms with Crippen LogP contribution in [-0.2, 0) is 32.1 Å². The minimum Gasteiger partial charge on any atom is -1.00 e. The van der Waals surface area contributed by atoms with Crippen LogP contribution in [0.3, 0.4) is 0 Å². The van der Waals surface area contributed by atoms with E-state index in [0.29, 0.717) is 9.54 Å². The van der Waals surface area contributed by atoms with Crippen LogP contribution in [0.5, 0.6) is 0 Å². The molecule has 0 fully saturated rings. The average Bonchev–Trinajstić information content (AvgIpc) is 3.58. The number of halogens is 2. The largest absolute Gasteiger partial charge is 1.00 e. The van der Waals surface area contributed by atoms with Gasteiger partial charge in [-0.25, -0.2) is 0 Å². The third-order valence-corrected chi connectivity index (χ3v) is 20.7. The summed E-state index contributed by atoms with van der Waals surface area (Å²) in [6, 6.07) is 20.3. The second-order valence-electron chi connectivity index (χ2n) is 20.4. The number of hydrogen-bond acceptors (Lipinski definition) is 0. The van der Waals surface area contributed by atoms with Crippen LogP contribution in [-0.4, -0.2) is 3.21 Å². The van der Waals surface area contributed by atoms with Gasteiger partial charge in [0.2, 0.25) is 0 Å². The van der Waals surface area contributed by atoms with E-state index in [4.69, 9.17) is 0 Å². The standard InChI is InChI=1S/C39H45.C11H17.C3H6.2ClH.Zr/c1-22-13-24(3)36(25(4)14-22)32-18-28-17-29-19-33(37-26(5)15-23(2)16-27(37)6)35(39(10,11)12)21-31(29)30(28)20-34(32)38(7,8)9;1-5-9-6-7-10(8-9)11(2,3)4;1-3-2;;;/h13-21H,1-12H3;7-9H,5H2,1-4H3;1-2H3;2*1H;/q;;;;;+2/p-2. The Kier molecular flexibility index (Phi) is 13.6. The van der Waals surface area contributed by atoms with E-state index in [2.05, 4.69) is 185 Å². The quantitative estimate of drug-likeness (QED) is 0.188. The molecule has 2 aliphatic carbocycles. The first-order valence-corrected chi connectivity index (χ1v) is 24.5. The molecule has 1 atom stereocenters. The fraction of sp³-hybridized carbons (Fsp3) is 0.453. The van der Waals surface area contributed by atoms with Gasteiger partial charge in [-0.05, 0) is 0 Å². The van der Waals surface area contributed by atoms with Gasteiger partial charge < -0.3 is 24.8 Å². The normalized spacial score (nSPS) is 15.3. The molecule has 0 spiro atoms. The zero-order valence-corrected chi connectivity index (χ0v) is 41.9. The topological polar surface area (TPSA) is 0 Å². The molecule has 0 radical (unpaired) electrons. The zero-order valence-electron chi connectivity index (χ0n) is 37.9. The molecule has 0 bridgehead atoms. The van der Waals surface area contributed by atoms with Gasteiger partial charge in [-0.15, -0.1) is 0 Å². The van der Waals surface area contributed by atoms with Crippen molar-refractivity contribution >= 4 is 3.21 Å². The SMILES string of the molecule is CCC1C=C(C(C)(C)C)C=[C]1[Zr+2](=[C](C)C)[CH]1c2cc(-c3c(C)cc(C)cc3C)c(C(C)(C)C)cc2-c2cc(C(C)(C)C)c(-c3c(C)cc(C)cc3C)cc21.[Cl-].[Cl-]. The fourth-order valence-electron chi connectivity index (χ4n) is 9.97. The Balaban J connectivity index is 0.00000348. The van der Waals surface area contributed by atoms with Gasteiger partial charge in [0.15, 0.2) is 0 Å². The predicted octanol–water partition coefficient (Wildman–Crippen LogP) is 9.27. The summed E-state index contributed by atoms with van der Waals surface area (Å²) in [6.07, 6.45) is 6.52. The van der Waals surface area contributed by atoms with Crippen LogP contribution >= 0.6 is 0 Å². The molecule has 0 saturated carbocycles. The summed E-state index contributed by atoms with van der Waals surface area (Å²) in [7, 11) is 0. The maximum atomic E-state index is 2.71. The average molecular weight is 867 g/mol. The number of aryl methyl sites for hydroxylation is 6. The minimum absolute atomic E-state index is 0. The Morgan fingerprint density at radius 1 is 0.536 bits per heavy atom. The summed E-state index contributed by atoms with van der Waals surface area (Å²) in [5.74, 6) is 0.529. The molecule has 4 aromatic carbocycles. The van der Waals surface area contributed by atoms with Crippen LogP contribution in [0.15, 0.2) is 69.5 Å². The Morgan fingerprint density at radius 2 is 0.911 bits per heavy atom. The van der Waals surface area contributed by atoms with Crippen molar-refractivity contribution in [3.05, 3.63) is 125 Å². The fourth-order valence-corrected chi connectivity index (χ4v) is 18.8. The van der Waals surface area contributed by atoms with Gasteiger partial charge >= 0.3 is 340 Å². The monoisotopic (exact) mass is 864 g/mol. The molecule has 0 aromatic heterocycles. The summed E-state index contributed by atoms with van der Waals surface area (Å²) in [5.41, 5.74) is 24.6. The second-order valence-corrected chi connectivity index (χ2v) is 27.7. The Morgan fingerprint density at radius 3 is 1.21 bits per heavy atom. The van der Waals surface area contributed by atoms with Crippen LogP contribution in [0, 0.1) is 52.9 Å². The minimum atomic E-state index is -2.61. The summed E-state index contributed by atoms with van der Waals surface area (Å²) < 4.78 is 3.90. The van der Waals surface area contributed by atoms with Gasteiger partial charge in [0, 0.05) is 0 Å². The molecule has 6 rings (SSSR count). The molecule has 0 N–H and O–H groups in total. The second kappa shape index (κ2) is 16.4. The van der Waals surface area contributed by atoms with Crippen molar-refractivity contribution in [1.29, 1.82) is 0 Å². The van der Waals surface area contributed by atoms with E-state index in [1.54, 1.807) is 17.6 Å². The summed E-state index contributed by atoms with van der Waals surface area (Å²) in [5, 5.41) is 0. The first kappa shape index (κ1) is 46.4. The van der Waals surface area contributed by atoms with Crippen molar-refractivity contribution in [2.75, 3.05) is 0 Å². The molecule has 298 valence electrons. The molecular weight excluding hydrogens is 799 g/mol. The van der Waals surface area contributed by atoms with Gasteiger partial charge in [-0.3, -0.25) is 0 Å². The predicted molar refractivity (Wildman–Crippen MR) is 236 cm³/mol. The molecule has 0 heterocycles.